The lowest BCUT2D eigenvalue weighted by atomic mass is 9.95. The van der Waals surface area contributed by atoms with Gasteiger partial charge in [0.05, 0.1) is 0 Å². The van der Waals surface area contributed by atoms with Gasteiger partial charge in [-0.05, 0) is 48.7 Å². The molecule has 0 aliphatic rings. The lowest BCUT2D eigenvalue weighted by Gasteiger charge is -2.09. The second-order valence-corrected chi connectivity index (χ2v) is 5.18. The number of rotatable bonds is 3. The second-order valence-electron chi connectivity index (χ2n) is 4.74. The van der Waals surface area contributed by atoms with Crippen molar-refractivity contribution in [1.82, 2.24) is 0 Å². The van der Waals surface area contributed by atoms with Crippen molar-refractivity contribution in [2.45, 2.75) is 20.3 Å². The number of halogens is 1. The van der Waals surface area contributed by atoms with Crippen LogP contribution in [0.4, 0.5) is 5.69 Å². The molecule has 2 aromatic rings. The van der Waals surface area contributed by atoms with E-state index >= 15 is 0 Å². The van der Waals surface area contributed by atoms with Gasteiger partial charge in [-0.25, -0.2) is 0 Å². The van der Waals surface area contributed by atoms with E-state index in [4.69, 9.17) is 17.3 Å². The van der Waals surface area contributed by atoms with Crippen LogP contribution in [-0.2, 0) is 6.42 Å². The number of anilines is 1. The fraction of sp³-hybridized carbons (Fsp3) is 0.188. The van der Waals surface area contributed by atoms with E-state index in [1.807, 2.05) is 32.0 Å². The summed E-state index contributed by atoms with van der Waals surface area (Å²) < 4.78 is 0. The Kier molecular flexibility index (Phi) is 3.91. The van der Waals surface area contributed by atoms with Gasteiger partial charge in [0.25, 0.3) is 0 Å². The molecule has 2 rings (SSSR count). The van der Waals surface area contributed by atoms with Crippen molar-refractivity contribution in [1.29, 1.82) is 0 Å². The molecule has 2 nitrogen and oxygen atoms in total. The highest BCUT2D eigenvalue weighted by Crippen LogP contribution is 2.20. The SMILES string of the molecule is Cc1cccc(C)c1CC(=O)c1cc(N)cc(Cl)c1. The standard InChI is InChI=1S/C16H16ClNO/c1-10-4-3-5-11(2)15(10)9-16(19)12-6-13(17)8-14(18)7-12/h3-8H,9,18H2,1-2H3. The van der Waals surface area contributed by atoms with E-state index in [1.165, 1.54) is 0 Å². The van der Waals surface area contributed by atoms with Gasteiger partial charge in [0.1, 0.15) is 0 Å². The Morgan fingerprint density at radius 2 is 1.79 bits per heavy atom. The summed E-state index contributed by atoms with van der Waals surface area (Å²) in [6.07, 6.45) is 0.373. The van der Waals surface area contributed by atoms with Gasteiger partial charge >= 0.3 is 0 Å². The molecule has 3 heteroatoms. The molecule has 2 N–H and O–H groups in total. The van der Waals surface area contributed by atoms with E-state index in [0.29, 0.717) is 22.7 Å². The van der Waals surface area contributed by atoms with Crippen molar-refractivity contribution in [3.05, 3.63) is 63.7 Å². The molecule has 0 saturated carbocycles. The summed E-state index contributed by atoms with van der Waals surface area (Å²) in [5.41, 5.74) is 10.1. The van der Waals surface area contributed by atoms with Gasteiger partial charge in [0.15, 0.2) is 5.78 Å². The van der Waals surface area contributed by atoms with Crippen LogP contribution in [0.5, 0.6) is 0 Å². The Hall–Kier alpha value is -1.80. The number of nitrogens with two attached hydrogens (primary N) is 1. The minimum Gasteiger partial charge on any atom is -0.399 e. The average molecular weight is 274 g/mol. The number of hydrogen-bond acceptors (Lipinski definition) is 2. The molecule has 0 unspecified atom stereocenters. The molecule has 0 radical (unpaired) electrons. The van der Waals surface area contributed by atoms with Crippen LogP contribution in [0.25, 0.3) is 0 Å². The van der Waals surface area contributed by atoms with Gasteiger partial charge in [-0.3, -0.25) is 4.79 Å². The number of ketones is 1. The first-order valence-corrected chi connectivity index (χ1v) is 6.49. The van der Waals surface area contributed by atoms with Gasteiger partial charge in [-0.2, -0.15) is 0 Å². The summed E-state index contributed by atoms with van der Waals surface area (Å²) in [5.74, 6) is 0.0339. The molecule has 0 aliphatic carbocycles. The quantitative estimate of drug-likeness (QED) is 0.679. The van der Waals surface area contributed by atoms with Crippen LogP contribution in [0.2, 0.25) is 5.02 Å². The fourth-order valence-corrected chi connectivity index (χ4v) is 2.41. The lowest BCUT2D eigenvalue weighted by Crippen LogP contribution is -2.07. The van der Waals surface area contributed by atoms with Gasteiger partial charge in [-0.1, -0.05) is 29.8 Å². The molecular formula is C16H16ClNO. The highest BCUT2D eigenvalue weighted by Gasteiger charge is 2.12. The summed E-state index contributed by atoms with van der Waals surface area (Å²) >= 11 is 5.93. The summed E-state index contributed by atoms with van der Waals surface area (Å²) in [6.45, 7) is 4.03. The highest BCUT2D eigenvalue weighted by atomic mass is 35.5. The first-order chi connectivity index (χ1) is 8.97. The monoisotopic (exact) mass is 273 g/mol. The van der Waals surface area contributed by atoms with Gasteiger partial charge in [0, 0.05) is 22.7 Å². The number of aryl methyl sites for hydroxylation is 2. The van der Waals surface area contributed by atoms with Crippen LogP contribution in [0, 0.1) is 13.8 Å². The van der Waals surface area contributed by atoms with Crippen molar-refractivity contribution < 1.29 is 4.79 Å². The molecule has 0 saturated heterocycles. The van der Waals surface area contributed by atoms with Crippen molar-refractivity contribution in [3.63, 3.8) is 0 Å². The van der Waals surface area contributed by atoms with Crippen LogP contribution in [-0.4, -0.2) is 5.78 Å². The second kappa shape index (κ2) is 5.45. The molecule has 19 heavy (non-hydrogen) atoms. The topological polar surface area (TPSA) is 43.1 Å². The van der Waals surface area contributed by atoms with Crippen LogP contribution < -0.4 is 5.73 Å². The highest BCUT2D eigenvalue weighted by molar-refractivity contribution is 6.31. The Morgan fingerprint density at radius 1 is 1.16 bits per heavy atom. The molecule has 0 amide bonds. The zero-order valence-electron chi connectivity index (χ0n) is 11.0. The van der Waals surface area contributed by atoms with E-state index in [-0.39, 0.29) is 5.78 Å². The van der Waals surface area contributed by atoms with E-state index in [9.17, 15) is 4.79 Å². The summed E-state index contributed by atoms with van der Waals surface area (Å²) in [5, 5.41) is 0.491. The maximum atomic E-state index is 12.3. The third kappa shape index (κ3) is 3.15. The Labute approximate surface area is 118 Å². The fourth-order valence-electron chi connectivity index (χ4n) is 2.16. The number of hydrogen-bond donors (Lipinski definition) is 1. The van der Waals surface area contributed by atoms with Crippen LogP contribution in [0.3, 0.4) is 0 Å². The molecule has 0 fully saturated rings. The van der Waals surface area contributed by atoms with E-state index in [2.05, 4.69) is 0 Å². The minimum absolute atomic E-state index is 0.0339. The first kappa shape index (κ1) is 13.6. The van der Waals surface area contributed by atoms with Crippen LogP contribution >= 0.6 is 11.6 Å². The van der Waals surface area contributed by atoms with E-state index < -0.39 is 0 Å². The molecule has 98 valence electrons. The summed E-state index contributed by atoms with van der Waals surface area (Å²) in [7, 11) is 0. The Bertz CT molecular complexity index is 594. The molecule has 0 bridgehead atoms. The Morgan fingerprint density at radius 3 is 2.37 bits per heavy atom. The van der Waals surface area contributed by atoms with Crippen molar-refractivity contribution in [2.75, 3.05) is 5.73 Å². The van der Waals surface area contributed by atoms with Gasteiger partial charge < -0.3 is 5.73 Å². The normalized spacial score (nSPS) is 10.5. The maximum absolute atomic E-state index is 12.3. The Balaban J connectivity index is 2.31. The molecule has 0 heterocycles. The lowest BCUT2D eigenvalue weighted by molar-refractivity contribution is 0.0992. The smallest absolute Gasteiger partial charge is 0.167 e. The number of carbonyl (C=O) groups excluding carboxylic acids is 1. The van der Waals surface area contributed by atoms with Crippen molar-refractivity contribution in [3.8, 4) is 0 Å². The third-order valence-electron chi connectivity index (χ3n) is 3.22. The number of carbonyl (C=O) groups is 1. The van der Waals surface area contributed by atoms with Gasteiger partial charge in [0.2, 0.25) is 0 Å². The predicted molar refractivity (Wildman–Crippen MR) is 79.8 cm³/mol. The van der Waals surface area contributed by atoms with E-state index in [1.54, 1.807) is 18.2 Å². The zero-order valence-corrected chi connectivity index (χ0v) is 11.8. The third-order valence-corrected chi connectivity index (χ3v) is 3.44. The largest absolute Gasteiger partial charge is 0.399 e. The molecule has 0 atom stereocenters. The summed E-state index contributed by atoms with van der Waals surface area (Å²) in [6, 6.07) is 11.0. The number of Topliss-reactive ketones (excluding diaryl/α,β-unsaturated/α-hetero) is 1. The van der Waals surface area contributed by atoms with Crippen molar-refractivity contribution >= 4 is 23.1 Å². The molecular weight excluding hydrogens is 258 g/mol. The van der Waals surface area contributed by atoms with Gasteiger partial charge in [-0.15, -0.1) is 0 Å². The molecule has 0 aliphatic heterocycles. The average Bonchev–Trinajstić information content (AvgIpc) is 2.32. The minimum atomic E-state index is 0.0339. The first-order valence-electron chi connectivity index (χ1n) is 6.11. The summed E-state index contributed by atoms with van der Waals surface area (Å²) in [4.78, 5) is 12.3. The molecule has 2 aromatic carbocycles. The molecule has 0 spiro atoms. The van der Waals surface area contributed by atoms with Crippen molar-refractivity contribution in [2.24, 2.45) is 0 Å². The van der Waals surface area contributed by atoms with E-state index in [0.717, 1.165) is 16.7 Å². The maximum Gasteiger partial charge on any atom is 0.167 e. The number of nitrogen functional groups attached to an aromatic ring is 1. The molecule has 0 aromatic heterocycles. The number of benzene rings is 2. The zero-order chi connectivity index (χ0) is 14.0. The predicted octanol–water partition coefficient (Wildman–Crippen LogP) is 3.96. The van der Waals surface area contributed by atoms with Crippen LogP contribution in [0.1, 0.15) is 27.0 Å². The van der Waals surface area contributed by atoms with Crippen LogP contribution in [0.15, 0.2) is 36.4 Å².